The SMILES string of the molecule is C.C[C@@H](C1CCCCC1)[N+]12CC(=O)O[B-]1([C@]1(C)O[C@H]1c1ccccc1)OC(=O)C2.O=C1C[N+]2([C@@H]3CCC[C@H]3OCc3ccccc3)CC(=O)O[B-]2(/C=C/c2ccccc2)O1.O=C1C[N+]2([C@@H]3CCC[C@H]3OCc3ccccc3)CC(=O)O[B-]2(C2OC2c2ccccc2)O1.[HH]. The molecule has 16 rings (SSSR count). The van der Waals surface area contributed by atoms with Gasteiger partial charge in [-0.3, -0.25) is 28.8 Å². The number of hydrogen-bond acceptors (Lipinski definition) is 16. The Hall–Kier alpha value is -7.43. The molecule has 9 atom stereocenters. The molecule has 11 aliphatic rings. The highest BCUT2D eigenvalue weighted by atomic mass is 16.7. The van der Waals surface area contributed by atoms with E-state index in [1.165, 1.54) is 19.3 Å². The van der Waals surface area contributed by atoms with Gasteiger partial charge < -0.3 is 60.1 Å². The first-order valence-corrected chi connectivity index (χ1v) is 33.0. The van der Waals surface area contributed by atoms with E-state index in [-0.39, 0.29) is 140 Å². The van der Waals surface area contributed by atoms with Gasteiger partial charge in [-0.15, -0.1) is 0 Å². The van der Waals surface area contributed by atoms with Gasteiger partial charge in [0.2, 0.25) is 0 Å². The lowest BCUT2D eigenvalue weighted by atomic mass is 9.52. The van der Waals surface area contributed by atoms with Gasteiger partial charge in [0.05, 0.1) is 43.5 Å². The minimum absolute atomic E-state index is 0. The maximum absolute atomic E-state index is 12.7. The van der Waals surface area contributed by atoms with Gasteiger partial charge in [0.15, 0.2) is 0 Å². The summed E-state index contributed by atoms with van der Waals surface area (Å²) in [5.41, 5.74) is 4.38. The Morgan fingerprint density at radius 2 is 0.967 bits per heavy atom. The van der Waals surface area contributed by atoms with Crippen LogP contribution in [0.25, 0.3) is 6.08 Å². The monoisotopic (exact) mass is 1260 g/mol. The van der Waals surface area contributed by atoms with Crippen LogP contribution >= 0.6 is 0 Å². The number of quaternary nitrogens is 3. The van der Waals surface area contributed by atoms with Crippen LogP contribution < -0.4 is 0 Å². The molecule has 2 unspecified atom stereocenters. The minimum Gasteiger partial charge on any atom is -0.598 e. The predicted octanol–water partition coefficient (Wildman–Crippen LogP) is 9.70. The largest absolute Gasteiger partial charge is 0.618 e. The number of carbonyl (C=O) groups excluding carboxylic acids is 6. The number of nitrogens with zero attached hydrogens (tertiary/aromatic N) is 3. The fourth-order valence-corrected chi connectivity index (χ4v) is 18.1. The molecular weight excluding hydrogens is 1170 g/mol. The van der Waals surface area contributed by atoms with Gasteiger partial charge in [0.1, 0.15) is 63.0 Å². The Labute approximate surface area is 539 Å². The molecule has 11 fully saturated rings. The van der Waals surface area contributed by atoms with Crippen molar-refractivity contribution in [3.05, 3.63) is 185 Å². The Bertz CT molecular complexity index is 3520. The summed E-state index contributed by atoms with van der Waals surface area (Å²) in [6, 6.07) is 49.2. The molecule has 5 aromatic carbocycles. The van der Waals surface area contributed by atoms with Crippen LogP contribution in [0.15, 0.2) is 158 Å². The van der Waals surface area contributed by atoms with Crippen molar-refractivity contribution < 1.29 is 90.2 Å². The van der Waals surface area contributed by atoms with Crippen molar-refractivity contribution in [3.8, 4) is 0 Å². The zero-order valence-electron chi connectivity index (χ0n) is 51.8. The van der Waals surface area contributed by atoms with Crippen molar-refractivity contribution in [2.75, 3.05) is 39.3 Å². The number of ether oxygens (including phenoxy) is 4. The average molecular weight is 1260 g/mol. The summed E-state index contributed by atoms with van der Waals surface area (Å²) in [7, 11) is 0. The van der Waals surface area contributed by atoms with Gasteiger partial charge in [-0.2, -0.15) is 0 Å². The first-order chi connectivity index (χ1) is 44.1. The van der Waals surface area contributed by atoms with Crippen LogP contribution in [0.5, 0.6) is 0 Å². The Morgan fingerprint density at radius 1 is 0.522 bits per heavy atom. The van der Waals surface area contributed by atoms with Crippen LogP contribution in [0.2, 0.25) is 0 Å². The highest BCUT2D eigenvalue weighted by Crippen LogP contribution is 2.62. The van der Waals surface area contributed by atoms with Crippen molar-refractivity contribution in [2.24, 2.45) is 5.92 Å². The highest BCUT2D eigenvalue weighted by molar-refractivity contribution is 6.72. The van der Waals surface area contributed by atoms with Crippen LogP contribution in [-0.2, 0) is 88.9 Å². The fourth-order valence-electron chi connectivity index (χ4n) is 18.1. The van der Waals surface area contributed by atoms with E-state index in [1.807, 2.05) is 165 Å². The van der Waals surface area contributed by atoms with E-state index in [0.29, 0.717) is 19.1 Å². The molecule has 8 aliphatic heterocycles. The second-order valence-electron chi connectivity index (χ2n) is 27.4. The Balaban J connectivity index is 0.000000133. The zero-order chi connectivity index (χ0) is 62.6. The van der Waals surface area contributed by atoms with Gasteiger partial charge in [0, 0.05) is 7.34 Å². The summed E-state index contributed by atoms with van der Waals surface area (Å²) >= 11 is 0. The van der Waals surface area contributed by atoms with Crippen molar-refractivity contribution in [1.82, 2.24) is 0 Å². The van der Waals surface area contributed by atoms with Crippen LogP contribution in [0, 0.1) is 5.92 Å². The molecule has 3 saturated carbocycles. The van der Waals surface area contributed by atoms with E-state index in [4.69, 9.17) is 46.9 Å². The van der Waals surface area contributed by atoms with Crippen molar-refractivity contribution >= 4 is 62.0 Å². The summed E-state index contributed by atoms with van der Waals surface area (Å²) in [6.45, 7) is -0.774. The standard InChI is InChI=1S/C24H26BNO6.C24H26BNO5.C21H28BNO5.CH4.H2/c27-21-14-26(19-12-7-13-20(19)29-16-17-8-3-1-4-9-17)15-22(28)32-25(26,31-21)24-23(30-24)18-10-5-2-6-11-18;27-23-16-26(21-12-7-13-22(21)29-18-20-10-5-2-6-11-20)17-24(28)31-25(26,30-23)15-14-19-8-3-1-4-9-19;1-15(16-9-5-3-6-10-16)23-13-18(24)27-22(23,28-19(25)14-23)21(2)20(26-21)17-11-7-4-8-12-17;;/h1-6,8-11,19-20,23-24H,7,12-16H2;1-6,8-11,14-15,21-22H,7,12-13,16-18H2;4,7-8,11-12,15-16,20H,3,5-6,9-10,13-14H2,1-2H3;1H4;1H/b;15-14+;;;/t19-,20-,23?,24?,25?,26?;21-,22-,25?,26?;15-,20-,21+,22?,23?;;/m110../s1. The molecule has 0 radical (unpaired) electrons. The topological polar surface area (TPSA) is 201 Å². The molecule has 5 aromatic rings. The molecule has 0 aromatic heterocycles. The summed E-state index contributed by atoms with van der Waals surface area (Å²) < 4.78 is 61.0. The summed E-state index contributed by atoms with van der Waals surface area (Å²) in [6.07, 6.45) is 12.7. The van der Waals surface area contributed by atoms with E-state index in [0.717, 1.165) is 79.2 Å². The van der Waals surface area contributed by atoms with Crippen LogP contribution in [-0.4, -0.2) is 150 Å². The van der Waals surface area contributed by atoms with Gasteiger partial charge in [-0.25, -0.2) is 0 Å². The molecule has 22 heteroatoms. The molecule has 0 bridgehead atoms. The van der Waals surface area contributed by atoms with Crippen molar-refractivity contribution in [3.63, 3.8) is 0 Å². The summed E-state index contributed by atoms with van der Waals surface area (Å²) in [4.78, 5) is 75.7. The number of epoxide rings is 2. The second kappa shape index (κ2) is 25.1. The third kappa shape index (κ3) is 11.0. The molecule has 3 aliphatic carbocycles. The van der Waals surface area contributed by atoms with Crippen LogP contribution in [0.1, 0.15) is 133 Å². The lowest BCUT2D eigenvalue weighted by Crippen LogP contribution is -2.74. The predicted molar refractivity (Wildman–Crippen MR) is 342 cm³/mol. The molecule has 92 heavy (non-hydrogen) atoms. The smallest absolute Gasteiger partial charge is 0.598 e. The lowest BCUT2D eigenvalue weighted by Gasteiger charge is -2.52. The van der Waals surface area contributed by atoms with E-state index in [9.17, 15) is 28.8 Å². The second-order valence-corrected chi connectivity index (χ2v) is 27.4. The molecule has 486 valence electrons. The normalized spacial score (nSPS) is 36.6. The maximum Gasteiger partial charge on any atom is 0.618 e. The quantitative estimate of drug-likeness (QED) is 0.0667. The maximum atomic E-state index is 12.7. The van der Waals surface area contributed by atoms with Crippen molar-refractivity contribution in [2.45, 2.75) is 159 Å². The Morgan fingerprint density at radius 3 is 1.49 bits per heavy atom. The average Bonchev–Trinajstić information content (AvgIpc) is 1.50. The van der Waals surface area contributed by atoms with E-state index >= 15 is 0 Å². The molecule has 0 amide bonds. The van der Waals surface area contributed by atoms with Crippen LogP contribution in [0.3, 0.4) is 0 Å². The minimum atomic E-state index is -2.30. The zero-order valence-corrected chi connectivity index (χ0v) is 51.8. The van der Waals surface area contributed by atoms with E-state index in [2.05, 4.69) is 6.92 Å². The van der Waals surface area contributed by atoms with Crippen molar-refractivity contribution in [1.29, 1.82) is 0 Å². The first-order valence-electron chi connectivity index (χ1n) is 33.0. The number of rotatable bonds is 16. The van der Waals surface area contributed by atoms with E-state index in [1.54, 1.807) is 5.98 Å². The molecule has 19 nitrogen and oxygen atoms in total. The lowest BCUT2D eigenvalue weighted by molar-refractivity contribution is -0.847. The number of benzene rings is 5. The fraction of sp³-hybridized carbons (Fsp3) is 0.457. The number of hydrogen-bond donors (Lipinski definition) is 0. The van der Waals surface area contributed by atoms with Gasteiger partial charge >= 0.3 is 55.9 Å². The number of carbonyl (C=O) groups is 6. The highest BCUT2D eigenvalue weighted by Gasteiger charge is 2.85. The molecule has 0 N–H and O–H groups in total. The van der Waals surface area contributed by atoms with E-state index < -0.39 is 31.6 Å². The van der Waals surface area contributed by atoms with Gasteiger partial charge in [-0.1, -0.05) is 197 Å². The third-order valence-corrected chi connectivity index (χ3v) is 22.4. The number of fused-ring (bicyclic) bond motifs is 3. The van der Waals surface area contributed by atoms with Gasteiger partial charge in [-0.05, 0) is 86.1 Å². The molecular formula is C70H86B3N3O16. The van der Waals surface area contributed by atoms with Gasteiger partial charge in [0.25, 0.3) is 0 Å². The summed E-state index contributed by atoms with van der Waals surface area (Å²) in [5.74, 6) is 0.423. The molecule has 0 spiro atoms. The Kier molecular flexibility index (Phi) is 17.3. The van der Waals surface area contributed by atoms with Crippen LogP contribution in [0.4, 0.5) is 0 Å². The summed E-state index contributed by atoms with van der Waals surface area (Å²) in [5, 5.41) is 0. The first kappa shape index (κ1) is 63.3. The third-order valence-electron chi connectivity index (χ3n) is 22.4. The molecule has 8 saturated heterocycles. The molecule has 8 heterocycles.